The number of rotatable bonds is 4. The summed E-state index contributed by atoms with van der Waals surface area (Å²) < 4.78 is 0. The Hall–Kier alpha value is -1.32. The molecule has 1 aromatic carbocycles. The highest BCUT2D eigenvalue weighted by Gasteiger charge is 2.24. The van der Waals surface area contributed by atoms with Crippen LogP contribution in [0.4, 0.5) is 5.69 Å². The Bertz CT molecular complexity index is 612. The highest BCUT2D eigenvalue weighted by molar-refractivity contribution is 6.22. The molecule has 1 aliphatic rings. The van der Waals surface area contributed by atoms with E-state index in [1.54, 1.807) is 0 Å². The predicted octanol–water partition coefficient (Wildman–Crippen LogP) is 3.48. The zero-order chi connectivity index (χ0) is 13.9. The third kappa shape index (κ3) is 2.48. The number of hydrogen-bond donors (Lipinski definition) is 2. The Kier molecular flexibility index (Phi) is 4.08. The molecule has 0 amide bonds. The number of para-hydroxylation sites is 1. The summed E-state index contributed by atoms with van der Waals surface area (Å²) in [5.41, 5.74) is 4.62. The maximum atomic E-state index is 6.57. The average molecular weight is 290 g/mol. The summed E-state index contributed by atoms with van der Waals surface area (Å²) in [5, 5.41) is 7.98. The van der Waals surface area contributed by atoms with Crippen LogP contribution in [0.3, 0.4) is 0 Å². The van der Waals surface area contributed by atoms with Gasteiger partial charge in [-0.05, 0) is 32.4 Å². The van der Waals surface area contributed by atoms with Gasteiger partial charge in [0.2, 0.25) is 0 Å². The van der Waals surface area contributed by atoms with Crippen molar-refractivity contribution in [1.82, 2.24) is 10.3 Å². The quantitative estimate of drug-likeness (QED) is 0.668. The first-order valence-corrected chi connectivity index (χ1v) is 7.69. The lowest BCUT2D eigenvalue weighted by atomic mass is 9.92. The first-order valence-electron chi connectivity index (χ1n) is 7.25. The van der Waals surface area contributed by atoms with E-state index in [0.717, 1.165) is 37.9 Å². The molecule has 0 saturated carbocycles. The Balaban J connectivity index is 2.13. The van der Waals surface area contributed by atoms with Gasteiger partial charge in [-0.25, -0.2) is 0 Å². The van der Waals surface area contributed by atoms with E-state index in [9.17, 15) is 0 Å². The van der Waals surface area contributed by atoms with Crippen molar-refractivity contribution in [2.24, 2.45) is 0 Å². The Morgan fingerprint density at radius 3 is 3.00 bits per heavy atom. The summed E-state index contributed by atoms with van der Waals surface area (Å²) in [5.74, 6) is 0. The molecule has 0 fully saturated rings. The van der Waals surface area contributed by atoms with Crippen LogP contribution in [-0.2, 0) is 6.42 Å². The number of anilines is 1. The van der Waals surface area contributed by atoms with E-state index in [4.69, 9.17) is 16.6 Å². The van der Waals surface area contributed by atoms with Gasteiger partial charge in [-0.15, -0.1) is 11.6 Å². The summed E-state index contributed by atoms with van der Waals surface area (Å²) >= 11 is 6.57. The maximum absolute atomic E-state index is 6.57. The van der Waals surface area contributed by atoms with E-state index < -0.39 is 0 Å². The Morgan fingerprint density at radius 1 is 1.30 bits per heavy atom. The molecule has 1 aromatic heterocycles. The first kappa shape index (κ1) is 13.7. The van der Waals surface area contributed by atoms with Gasteiger partial charge in [-0.3, -0.25) is 4.98 Å². The summed E-state index contributed by atoms with van der Waals surface area (Å²) in [6, 6.07) is 8.31. The molecule has 0 aliphatic heterocycles. The zero-order valence-corrected chi connectivity index (χ0v) is 12.5. The van der Waals surface area contributed by atoms with Crippen molar-refractivity contribution in [3.63, 3.8) is 0 Å². The molecule has 2 N–H and O–H groups in total. The molecule has 2 aromatic rings. The molecule has 1 aliphatic carbocycles. The number of fused-ring (bicyclic) bond motifs is 2. The third-order valence-electron chi connectivity index (χ3n) is 3.87. The summed E-state index contributed by atoms with van der Waals surface area (Å²) in [7, 11) is 1.96. The van der Waals surface area contributed by atoms with Gasteiger partial charge in [-0.2, -0.15) is 0 Å². The maximum Gasteiger partial charge on any atom is 0.0726 e. The molecule has 0 saturated heterocycles. The molecule has 1 unspecified atom stereocenters. The van der Waals surface area contributed by atoms with Crippen LogP contribution >= 0.6 is 11.6 Å². The highest BCUT2D eigenvalue weighted by Crippen LogP contribution is 2.41. The average Bonchev–Trinajstić information content (AvgIpc) is 2.47. The minimum Gasteiger partial charge on any atom is -0.383 e. The van der Waals surface area contributed by atoms with Crippen molar-refractivity contribution < 1.29 is 0 Å². The van der Waals surface area contributed by atoms with Gasteiger partial charge < -0.3 is 10.6 Å². The van der Waals surface area contributed by atoms with Crippen molar-refractivity contribution in [3.8, 4) is 0 Å². The van der Waals surface area contributed by atoms with E-state index in [2.05, 4.69) is 28.8 Å². The molecular formula is C16H20ClN3. The summed E-state index contributed by atoms with van der Waals surface area (Å²) in [6.45, 7) is 1.82. The number of halogens is 1. The van der Waals surface area contributed by atoms with Crippen molar-refractivity contribution in [2.75, 3.05) is 25.5 Å². The fourth-order valence-electron chi connectivity index (χ4n) is 2.90. The van der Waals surface area contributed by atoms with Crippen LogP contribution in [0.5, 0.6) is 0 Å². The van der Waals surface area contributed by atoms with E-state index >= 15 is 0 Å². The van der Waals surface area contributed by atoms with Gasteiger partial charge in [0.05, 0.1) is 16.6 Å². The number of pyridine rings is 1. The van der Waals surface area contributed by atoms with Crippen LogP contribution in [0.25, 0.3) is 10.9 Å². The molecule has 3 rings (SSSR count). The van der Waals surface area contributed by atoms with Crippen LogP contribution in [0.2, 0.25) is 0 Å². The standard InChI is InChI=1S/C16H20ClN3/c1-18-9-10-19-16-11-5-2-3-7-13(11)20-14-8-4-6-12(17)15(14)16/h2-3,5,7,12,18H,4,6,8-10H2,1H3,(H,19,20). The molecule has 0 bridgehead atoms. The van der Waals surface area contributed by atoms with Crippen LogP contribution in [-0.4, -0.2) is 25.1 Å². The zero-order valence-electron chi connectivity index (χ0n) is 11.7. The van der Waals surface area contributed by atoms with Crippen LogP contribution in [0.15, 0.2) is 24.3 Å². The topological polar surface area (TPSA) is 37.0 Å². The third-order valence-corrected chi connectivity index (χ3v) is 4.31. The van der Waals surface area contributed by atoms with Gasteiger partial charge in [0.1, 0.15) is 0 Å². The normalized spacial score (nSPS) is 18.0. The lowest BCUT2D eigenvalue weighted by molar-refractivity contribution is 0.655. The minimum atomic E-state index is 0.0768. The van der Waals surface area contributed by atoms with E-state index in [-0.39, 0.29) is 5.38 Å². The summed E-state index contributed by atoms with van der Waals surface area (Å²) in [4.78, 5) is 4.81. The molecule has 20 heavy (non-hydrogen) atoms. The lowest BCUT2D eigenvalue weighted by Crippen LogP contribution is -2.20. The van der Waals surface area contributed by atoms with Crippen molar-refractivity contribution in [2.45, 2.75) is 24.6 Å². The smallest absolute Gasteiger partial charge is 0.0726 e. The van der Waals surface area contributed by atoms with E-state index in [1.165, 1.54) is 22.3 Å². The molecule has 1 heterocycles. The summed E-state index contributed by atoms with van der Waals surface area (Å²) in [6.07, 6.45) is 3.20. The monoisotopic (exact) mass is 289 g/mol. The number of benzene rings is 1. The second-order valence-electron chi connectivity index (χ2n) is 5.25. The predicted molar refractivity (Wildman–Crippen MR) is 85.7 cm³/mol. The van der Waals surface area contributed by atoms with E-state index in [1.807, 2.05) is 13.1 Å². The molecule has 3 nitrogen and oxygen atoms in total. The van der Waals surface area contributed by atoms with Crippen LogP contribution in [0.1, 0.15) is 29.5 Å². The van der Waals surface area contributed by atoms with Crippen LogP contribution in [0, 0.1) is 0 Å². The number of alkyl halides is 1. The Labute approximate surface area is 124 Å². The largest absolute Gasteiger partial charge is 0.383 e. The fourth-order valence-corrected chi connectivity index (χ4v) is 3.29. The van der Waals surface area contributed by atoms with E-state index in [0.29, 0.717) is 0 Å². The molecule has 1 atom stereocenters. The Morgan fingerprint density at radius 2 is 2.15 bits per heavy atom. The number of likely N-dealkylation sites (N-methyl/N-ethyl adjacent to an activating group) is 1. The highest BCUT2D eigenvalue weighted by atomic mass is 35.5. The second-order valence-corrected chi connectivity index (χ2v) is 5.78. The van der Waals surface area contributed by atoms with Crippen molar-refractivity contribution in [1.29, 1.82) is 0 Å². The number of aromatic nitrogens is 1. The SMILES string of the molecule is CNCCNc1c2c(nc3ccccc13)CCCC2Cl. The van der Waals surface area contributed by atoms with Gasteiger partial charge in [0, 0.05) is 29.7 Å². The van der Waals surface area contributed by atoms with Gasteiger partial charge in [0.15, 0.2) is 0 Å². The molecule has 0 radical (unpaired) electrons. The number of hydrogen-bond acceptors (Lipinski definition) is 3. The van der Waals surface area contributed by atoms with Gasteiger partial charge in [-0.1, -0.05) is 18.2 Å². The minimum absolute atomic E-state index is 0.0768. The number of aryl methyl sites for hydroxylation is 1. The van der Waals surface area contributed by atoms with Gasteiger partial charge in [0.25, 0.3) is 0 Å². The lowest BCUT2D eigenvalue weighted by Gasteiger charge is -2.25. The second kappa shape index (κ2) is 5.98. The molecule has 106 valence electrons. The van der Waals surface area contributed by atoms with Crippen molar-refractivity contribution in [3.05, 3.63) is 35.5 Å². The number of nitrogens with zero attached hydrogens (tertiary/aromatic N) is 1. The molecule has 0 spiro atoms. The fraction of sp³-hybridized carbons (Fsp3) is 0.438. The molecular weight excluding hydrogens is 270 g/mol. The van der Waals surface area contributed by atoms with Crippen LogP contribution < -0.4 is 10.6 Å². The van der Waals surface area contributed by atoms with Crippen molar-refractivity contribution >= 4 is 28.2 Å². The number of nitrogens with one attached hydrogen (secondary N) is 2. The van der Waals surface area contributed by atoms with Gasteiger partial charge >= 0.3 is 0 Å². The first-order chi connectivity index (χ1) is 9.81. The molecule has 4 heteroatoms.